The van der Waals surface area contributed by atoms with E-state index < -0.39 is 0 Å². The van der Waals surface area contributed by atoms with Crippen molar-refractivity contribution in [3.05, 3.63) is 40.5 Å². The van der Waals surface area contributed by atoms with Crippen molar-refractivity contribution in [1.82, 2.24) is 10.3 Å². The zero-order chi connectivity index (χ0) is 13.7. The summed E-state index contributed by atoms with van der Waals surface area (Å²) >= 11 is 3.56. The fourth-order valence-corrected chi connectivity index (χ4v) is 2.57. The van der Waals surface area contributed by atoms with E-state index in [1.807, 2.05) is 12.3 Å². The molecule has 0 radical (unpaired) electrons. The van der Waals surface area contributed by atoms with Crippen LogP contribution in [0.4, 0.5) is 0 Å². The Balaban J connectivity index is 2.11. The van der Waals surface area contributed by atoms with Gasteiger partial charge in [-0.05, 0) is 37.5 Å². The van der Waals surface area contributed by atoms with Crippen LogP contribution in [-0.2, 0) is 6.54 Å². The van der Waals surface area contributed by atoms with E-state index in [-0.39, 0.29) is 6.61 Å². The van der Waals surface area contributed by atoms with Gasteiger partial charge in [0, 0.05) is 35.2 Å². The number of nitrogens with zero attached hydrogens (tertiary/aromatic N) is 1. The van der Waals surface area contributed by atoms with E-state index in [4.69, 9.17) is 5.11 Å². The maximum atomic E-state index is 8.83. The van der Waals surface area contributed by atoms with Crippen molar-refractivity contribution in [2.45, 2.75) is 32.4 Å². The monoisotopic (exact) mass is 322 g/mol. The summed E-state index contributed by atoms with van der Waals surface area (Å²) in [6.45, 7) is 3.20. The number of nitrogens with one attached hydrogen (secondary N) is 1. The molecule has 1 aromatic carbocycles. The highest BCUT2D eigenvalue weighted by Gasteiger charge is 2.07. The molecule has 0 aliphatic carbocycles. The molecule has 1 aromatic heterocycles. The third-order valence-electron chi connectivity index (χ3n) is 3.24. The summed E-state index contributed by atoms with van der Waals surface area (Å²) in [5, 5.41) is 13.5. The average Bonchev–Trinajstić information content (AvgIpc) is 2.45. The Morgan fingerprint density at radius 1 is 1.37 bits per heavy atom. The molecule has 2 rings (SSSR count). The first kappa shape index (κ1) is 14.4. The normalized spacial score (nSPS) is 12.8. The van der Waals surface area contributed by atoms with Crippen molar-refractivity contribution in [2.75, 3.05) is 6.61 Å². The number of hydrogen-bond donors (Lipinski definition) is 2. The highest BCUT2D eigenvalue weighted by Crippen LogP contribution is 2.25. The topological polar surface area (TPSA) is 45.1 Å². The molecule has 1 unspecified atom stereocenters. The maximum Gasteiger partial charge on any atom is 0.0758 e. The fraction of sp³-hybridized carbons (Fsp3) is 0.400. The number of pyridine rings is 1. The van der Waals surface area contributed by atoms with E-state index >= 15 is 0 Å². The van der Waals surface area contributed by atoms with E-state index in [0.717, 1.165) is 34.8 Å². The SMILES string of the molecule is CC(CCCO)NCc1ccc(Br)c2cccnc12. The van der Waals surface area contributed by atoms with E-state index in [1.54, 1.807) is 0 Å². The molecule has 0 aliphatic rings. The third-order valence-corrected chi connectivity index (χ3v) is 3.93. The second kappa shape index (κ2) is 6.98. The number of fused-ring (bicyclic) bond motifs is 1. The Morgan fingerprint density at radius 3 is 3.00 bits per heavy atom. The summed E-state index contributed by atoms with van der Waals surface area (Å²) in [5.74, 6) is 0. The van der Waals surface area contributed by atoms with E-state index in [1.165, 1.54) is 5.56 Å². The van der Waals surface area contributed by atoms with Crippen LogP contribution in [0.25, 0.3) is 10.9 Å². The zero-order valence-electron chi connectivity index (χ0n) is 11.1. The van der Waals surface area contributed by atoms with Crippen LogP contribution >= 0.6 is 15.9 Å². The summed E-state index contributed by atoms with van der Waals surface area (Å²) in [6.07, 6.45) is 3.65. The molecule has 19 heavy (non-hydrogen) atoms. The van der Waals surface area contributed by atoms with Crippen LogP contribution < -0.4 is 5.32 Å². The second-order valence-electron chi connectivity index (χ2n) is 4.75. The number of aliphatic hydroxyl groups is 1. The van der Waals surface area contributed by atoms with E-state index in [0.29, 0.717) is 6.04 Å². The predicted molar refractivity (Wildman–Crippen MR) is 82.1 cm³/mol. The summed E-state index contributed by atoms with van der Waals surface area (Å²) in [6, 6.07) is 8.60. The highest BCUT2D eigenvalue weighted by atomic mass is 79.9. The van der Waals surface area contributed by atoms with Gasteiger partial charge in [-0.3, -0.25) is 4.98 Å². The zero-order valence-corrected chi connectivity index (χ0v) is 12.7. The van der Waals surface area contributed by atoms with Gasteiger partial charge in [0.2, 0.25) is 0 Å². The highest BCUT2D eigenvalue weighted by molar-refractivity contribution is 9.10. The summed E-state index contributed by atoms with van der Waals surface area (Å²) in [4.78, 5) is 4.47. The Hall–Kier alpha value is -0.970. The lowest BCUT2D eigenvalue weighted by Gasteiger charge is -2.14. The van der Waals surface area contributed by atoms with Crippen LogP contribution in [0, 0.1) is 0 Å². The first-order chi connectivity index (χ1) is 9.22. The van der Waals surface area contributed by atoms with Crippen molar-refractivity contribution in [3.8, 4) is 0 Å². The number of aromatic nitrogens is 1. The van der Waals surface area contributed by atoms with Crippen LogP contribution in [0.2, 0.25) is 0 Å². The first-order valence-electron chi connectivity index (χ1n) is 6.58. The Labute approximate surface area is 122 Å². The minimum Gasteiger partial charge on any atom is -0.396 e. The number of halogens is 1. The Morgan fingerprint density at radius 2 is 2.21 bits per heavy atom. The molecule has 0 amide bonds. The fourth-order valence-electron chi connectivity index (χ4n) is 2.12. The van der Waals surface area contributed by atoms with Gasteiger partial charge in [-0.25, -0.2) is 0 Å². The average molecular weight is 323 g/mol. The molecule has 1 atom stereocenters. The molecule has 3 nitrogen and oxygen atoms in total. The largest absolute Gasteiger partial charge is 0.396 e. The van der Waals surface area contributed by atoms with Gasteiger partial charge in [-0.15, -0.1) is 0 Å². The third kappa shape index (κ3) is 3.75. The predicted octanol–water partition coefficient (Wildman–Crippen LogP) is 3.25. The van der Waals surface area contributed by atoms with Gasteiger partial charge in [0.25, 0.3) is 0 Å². The molecule has 2 aromatic rings. The molecule has 2 N–H and O–H groups in total. The van der Waals surface area contributed by atoms with Crippen LogP contribution in [-0.4, -0.2) is 22.7 Å². The van der Waals surface area contributed by atoms with Crippen LogP contribution in [0.5, 0.6) is 0 Å². The molecule has 0 spiro atoms. The van der Waals surface area contributed by atoms with Gasteiger partial charge in [0.15, 0.2) is 0 Å². The minimum atomic E-state index is 0.259. The van der Waals surface area contributed by atoms with Gasteiger partial charge >= 0.3 is 0 Å². The van der Waals surface area contributed by atoms with Gasteiger partial charge in [0.1, 0.15) is 0 Å². The molecule has 102 valence electrons. The van der Waals surface area contributed by atoms with Crippen LogP contribution in [0.3, 0.4) is 0 Å². The molecule has 0 bridgehead atoms. The number of aliphatic hydroxyl groups excluding tert-OH is 1. The van der Waals surface area contributed by atoms with Gasteiger partial charge in [-0.1, -0.05) is 28.1 Å². The van der Waals surface area contributed by atoms with Crippen molar-refractivity contribution < 1.29 is 5.11 Å². The second-order valence-corrected chi connectivity index (χ2v) is 5.61. The van der Waals surface area contributed by atoms with Crippen molar-refractivity contribution in [3.63, 3.8) is 0 Å². The van der Waals surface area contributed by atoms with Crippen molar-refractivity contribution in [2.24, 2.45) is 0 Å². The summed E-state index contributed by atoms with van der Waals surface area (Å²) in [7, 11) is 0. The molecule has 0 saturated heterocycles. The van der Waals surface area contributed by atoms with Crippen molar-refractivity contribution >= 4 is 26.8 Å². The first-order valence-corrected chi connectivity index (χ1v) is 7.38. The lowest BCUT2D eigenvalue weighted by atomic mass is 10.1. The molecular weight excluding hydrogens is 304 g/mol. The molecule has 1 heterocycles. The molecule has 4 heteroatoms. The summed E-state index contributed by atoms with van der Waals surface area (Å²) in [5.41, 5.74) is 2.24. The van der Waals surface area contributed by atoms with E-state index in [9.17, 15) is 0 Å². The van der Waals surface area contributed by atoms with Crippen LogP contribution in [0.1, 0.15) is 25.3 Å². The van der Waals surface area contributed by atoms with Crippen LogP contribution in [0.15, 0.2) is 34.9 Å². The van der Waals surface area contributed by atoms with Gasteiger partial charge < -0.3 is 10.4 Å². The van der Waals surface area contributed by atoms with Crippen molar-refractivity contribution in [1.29, 1.82) is 0 Å². The lowest BCUT2D eigenvalue weighted by Crippen LogP contribution is -2.25. The van der Waals surface area contributed by atoms with E-state index in [2.05, 4.69) is 51.4 Å². The Bertz CT molecular complexity index is 545. The van der Waals surface area contributed by atoms with Gasteiger partial charge in [-0.2, -0.15) is 0 Å². The number of hydrogen-bond acceptors (Lipinski definition) is 3. The Kier molecular flexibility index (Phi) is 5.31. The quantitative estimate of drug-likeness (QED) is 0.858. The number of rotatable bonds is 6. The minimum absolute atomic E-state index is 0.259. The molecule has 0 aliphatic heterocycles. The maximum absolute atomic E-state index is 8.83. The van der Waals surface area contributed by atoms with Gasteiger partial charge in [0.05, 0.1) is 5.52 Å². The molecule has 0 saturated carbocycles. The standard InChI is InChI=1S/C15H19BrN2O/c1-11(4-3-9-19)18-10-12-6-7-14(16)13-5-2-8-17-15(12)13/h2,5-8,11,18-19H,3-4,9-10H2,1H3. The number of benzene rings is 1. The molecule has 0 fully saturated rings. The summed E-state index contributed by atoms with van der Waals surface area (Å²) < 4.78 is 1.08. The smallest absolute Gasteiger partial charge is 0.0758 e. The lowest BCUT2D eigenvalue weighted by molar-refractivity contribution is 0.276. The molecular formula is C15H19BrN2O.